The molecule has 1 heterocycles. The first-order chi connectivity index (χ1) is 10.0. The lowest BCUT2D eigenvalue weighted by Gasteiger charge is -2.06. The number of halogens is 1. The maximum Gasteiger partial charge on any atom is 0.358 e. The van der Waals surface area contributed by atoms with Crippen LogP contribution in [-0.4, -0.2) is 28.0 Å². The summed E-state index contributed by atoms with van der Waals surface area (Å²) < 4.78 is 9.85. The van der Waals surface area contributed by atoms with E-state index < -0.39 is 10.9 Å². The SMILES string of the molecule is COC(=O)c1cncc(Oc2ccc([N+](=O)[O-])cc2Cl)n1. The predicted molar refractivity (Wildman–Crippen MR) is 71.6 cm³/mol. The molecule has 0 bridgehead atoms. The number of non-ortho nitro benzene ring substituents is 1. The van der Waals surface area contributed by atoms with E-state index in [1.54, 1.807) is 0 Å². The Kier molecular flexibility index (Phi) is 4.29. The van der Waals surface area contributed by atoms with Crippen molar-refractivity contribution in [1.82, 2.24) is 9.97 Å². The molecule has 8 nitrogen and oxygen atoms in total. The Labute approximate surface area is 123 Å². The second-order valence-corrected chi connectivity index (χ2v) is 4.12. The van der Waals surface area contributed by atoms with E-state index in [0.717, 1.165) is 6.07 Å². The van der Waals surface area contributed by atoms with Gasteiger partial charge in [-0.2, -0.15) is 0 Å². The van der Waals surface area contributed by atoms with Crippen molar-refractivity contribution in [3.63, 3.8) is 0 Å². The van der Waals surface area contributed by atoms with E-state index in [1.165, 1.54) is 31.6 Å². The van der Waals surface area contributed by atoms with Gasteiger partial charge in [-0.05, 0) is 6.07 Å². The van der Waals surface area contributed by atoms with Crippen LogP contribution in [0.3, 0.4) is 0 Å². The molecule has 108 valence electrons. The topological polar surface area (TPSA) is 104 Å². The van der Waals surface area contributed by atoms with Gasteiger partial charge in [0.2, 0.25) is 5.88 Å². The van der Waals surface area contributed by atoms with Crippen molar-refractivity contribution in [3.05, 3.63) is 51.4 Å². The van der Waals surface area contributed by atoms with E-state index in [-0.39, 0.29) is 28.0 Å². The first kappa shape index (κ1) is 14.7. The Morgan fingerprint density at radius 1 is 1.38 bits per heavy atom. The third kappa shape index (κ3) is 3.42. The lowest BCUT2D eigenvalue weighted by atomic mass is 10.3. The minimum Gasteiger partial charge on any atom is -0.464 e. The minimum absolute atomic E-state index is 0.00801. The Balaban J connectivity index is 2.26. The number of benzene rings is 1. The van der Waals surface area contributed by atoms with Crippen molar-refractivity contribution in [1.29, 1.82) is 0 Å². The maximum atomic E-state index is 11.3. The summed E-state index contributed by atoms with van der Waals surface area (Å²) in [6.45, 7) is 0. The van der Waals surface area contributed by atoms with Crippen LogP contribution in [0.4, 0.5) is 5.69 Å². The average molecular weight is 310 g/mol. The Bertz CT molecular complexity index is 707. The molecule has 0 aliphatic heterocycles. The van der Waals surface area contributed by atoms with Crippen LogP contribution in [0.5, 0.6) is 11.6 Å². The highest BCUT2D eigenvalue weighted by Crippen LogP contribution is 2.31. The van der Waals surface area contributed by atoms with Crippen LogP contribution in [0.15, 0.2) is 30.6 Å². The molecule has 0 aliphatic rings. The van der Waals surface area contributed by atoms with Gasteiger partial charge in [-0.25, -0.2) is 9.78 Å². The Hall–Kier alpha value is -2.74. The van der Waals surface area contributed by atoms with Gasteiger partial charge >= 0.3 is 5.97 Å². The molecule has 0 atom stereocenters. The van der Waals surface area contributed by atoms with Crippen LogP contribution >= 0.6 is 11.6 Å². The Morgan fingerprint density at radius 3 is 2.76 bits per heavy atom. The number of nitrogens with zero attached hydrogens (tertiary/aromatic N) is 3. The summed E-state index contributed by atoms with van der Waals surface area (Å²) in [5.41, 5.74) is -0.199. The summed E-state index contributed by atoms with van der Waals surface area (Å²) in [7, 11) is 1.21. The van der Waals surface area contributed by atoms with Gasteiger partial charge < -0.3 is 9.47 Å². The molecule has 0 unspecified atom stereocenters. The van der Waals surface area contributed by atoms with Crippen LogP contribution in [0, 0.1) is 10.1 Å². The number of carbonyl (C=O) groups is 1. The monoisotopic (exact) mass is 309 g/mol. The van der Waals surface area contributed by atoms with Crippen molar-refractivity contribution >= 4 is 23.3 Å². The van der Waals surface area contributed by atoms with Crippen LogP contribution < -0.4 is 4.74 Å². The number of ether oxygens (including phenoxy) is 2. The van der Waals surface area contributed by atoms with E-state index >= 15 is 0 Å². The molecule has 0 fully saturated rings. The first-order valence-electron chi connectivity index (χ1n) is 5.53. The molecule has 0 saturated heterocycles. The van der Waals surface area contributed by atoms with Crippen LogP contribution in [0.25, 0.3) is 0 Å². The van der Waals surface area contributed by atoms with Crippen LogP contribution in [-0.2, 0) is 4.74 Å². The number of aromatic nitrogens is 2. The molecule has 0 aliphatic carbocycles. The van der Waals surface area contributed by atoms with Gasteiger partial charge in [-0.15, -0.1) is 0 Å². The summed E-state index contributed by atoms with van der Waals surface area (Å²) in [5.74, 6) is -0.505. The zero-order valence-electron chi connectivity index (χ0n) is 10.6. The summed E-state index contributed by atoms with van der Waals surface area (Å²) in [6, 6.07) is 3.71. The molecule has 0 saturated carbocycles. The quantitative estimate of drug-likeness (QED) is 0.485. The molecule has 0 spiro atoms. The third-order valence-corrected chi connectivity index (χ3v) is 2.64. The number of hydrogen-bond donors (Lipinski definition) is 0. The van der Waals surface area contributed by atoms with E-state index in [2.05, 4.69) is 14.7 Å². The average Bonchev–Trinajstić information content (AvgIpc) is 2.48. The maximum absolute atomic E-state index is 11.3. The first-order valence-corrected chi connectivity index (χ1v) is 5.91. The van der Waals surface area contributed by atoms with E-state index in [9.17, 15) is 14.9 Å². The smallest absolute Gasteiger partial charge is 0.358 e. The van der Waals surface area contributed by atoms with E-state index in [1.807, 2.05) is 0 Å². The normalized spacial score (nSPS) is 10.0. The molecule has 0 amide bonds. The molecule has 9 heteroatoms. The van der Waals surface area contributed by atoms with Gasteiger partial charge in [0.15, 0.2) is 5.69 Å². The molecule has 2 rings (SSSR count). The molecule has 0 radical (unpaired) electrons. The summed E-state index contributed by atoms with van der Waals surface area (Å²) >= 11 is 5.88. The fourth-order valence-corrected chi connectivity index (χ4v) is 1.61. The number of esters is 1. The number of methoxy groups -OCH3 is 1. The molecule has 2 aromatic rings. The van der Waals surface area contributed by atoms with Gasteiger partial charge in [0, 0.05) is 12.1 Å². The van der Waals surface area contributed by atoms with Gasteiger partial charge in [0.05, 0.1) is 29.4 Å². The molecule has 1 aromatic heterocycles. The summed E-state index contributed by atoms with van der Waals surface area (Å²) in [4.78, 5) is 29.0. The van der Waals surface area contributed by atoms with Gasteiger partial charge in [0.25, 0.3) is 5.69 Å². The third-order valence-electron chi connectivity index (χ3n) is 2.35. The van der Waals surface area contributed by atoms with Crippen molar-refractivity contribution in [3.8, 4) is 11.6 Å². The highest BCUT2D eigenvalue weighted by molar-refractivity contribution is 6.32. The van der Waals surface area contributed by atoms with Crippen molar-refractivity contribution < 1.29 is 19.2 Å². The number of hydrogen-bond acceptors (Lipinski definition) is 7. The zero-order valence-corrected chi connectivity index (χ0v) is 11.4. The van der Waals surface area contributed by atoms with Crippen LogP contribution in [0.1, 0.15) is 10.5 Å². The number of carbonyl (C=O) groups excluding carboxylic acids is 1. The lowest BCUT2D eigenvalue weighted by Crippen LogP contribution is -2.05. The Morgan fingerprint density at radius 2 is 2.14 bits per heavy atom. The molecular formula is C12H8ClN3O5. The van der Waals surface area contributed by atoms with E-state index in [0.29, 0.717) is 0 Å². The van der Waals surface area contributed by atoms with Crippen molar-refractivity contribution in [2.45, 2.75) is 0 Å². The van der Waals surface area contributed by atoms with Gasteiger partial charge in [0.1, 0.15) is 5.75 Å². The second-order valence-electron chi connectivity index (χ2n) is 3.71. The summed E-state index contributed by atoms with van der Waals surface area (Å²) in [5, 5.41) is 10.6. The van der Waals surface area contributed by atoms with E-state index in [4.69, 9.17) is 16.3 Å². The molecule has 21 heavy (non-hydrogen) atoms. The largest absolute Gasteiger partial charge is 0.464 e. The van der Waals surface area contributed by atoms with Gasteiger partial charge in [-0.1, -0.05) is 11.6 Å². The second kappa shape index (κ2) is 6.14. The predicted octanol–water partition coefficient (Wildman–Crippen LogP) is 2.62. The number of nitro groups is 1. The highest BCUT2D eigenvalue weighted by atomic mass is 35.5. The standard InChI is InChI=1S/C12H8ClN3O5/c1-20-12(17)9-5-14-6-11(15-9)21-10-3-2-7(16(18)19)4-8(10)13/h2-6H,1H3. The fourth-order valence-electron chi connectivity index (χ4n) is 1.40. The summed E-state index contributed by atoms with van der Waals surface area (Å²) in [6.07, 6.45) is 2.49. The fraction of sp³-hybridized carbons (Fsp3) is 0.0833. The molecule has 1 aromatic carbocycles. The molecular weight excluding hydrogens is 302 g/mol. The van der Waals surface area contributed by atoms with Crippen molar-refractivity contribution in [2.24, 2.45) is 0 Å². The van der Waals surface area contributed by atoms with Crippen LogP contribution in [0.2, 0.25) is 5.02 Å². The molecule has 0 N–H and O–H groups in total. The lowest BCUT2D eigenvalue weighted by molar-refractivity contribution is -0.384. The van der Waals surface area contributed by atoms with Gasteiger partial charge in [-0.3, -0.25) is 15.1 Å². The van der Waals surface area contributed by atoms with Crippen molar-refractivity contribution in [2.75, 3.05) is 7.11 Å². The zero-order chi connectivity index (χ0) is 15.4. The number of rotatable bonds is 4. The minimum atomic E-state index is -0.664. The highest BCUT2D eigenvalue weighted by Gasteiger charge is 2.13. The number of nitro benzene ring substituents is 1.